The van der Waals surface area contributed by atoms with Crippen molar-refractivity contribution < 1.29 is 26.3 Å². The second-order valence-electron chi connectivity index (χ2n) is 5.72. The standard InChI is InChI=1S/C19H20F2N2O3S.CH3F/c1-4-6-15(7-5-12-27(3,24)25)23-18(13-17(22-23)19(20)21)14-8-10-16(26-2)11-9-14;1-2/h4-11,13,19H,1,12H2,2-3H3;1H3/b7-5-,15-6+;. The Kier molecular flexibility index (Phi) is 9.40. The van der Waals surface area contributed by atoms with Crippen molar-refractivity contribution >= 4 is 15.5 Å². The number of alkyl halides is 3. The van der Waals surface area contributed by atoms with E-state index < -0.39 is 16.3 Å². The molecule has 9 heteroatoms. The van der Waals surface area contributed by atoms with Crippen LogP contribution in [0.4, 0.5) is 13.2 Å². The van der Waals surface area contributed by atoms with Crippen molar-refractivity contribution in [3.8, 4) is 17.0 Å². The van der Waals surface area contributed by atoms with E-state index in [-0.39, 0.29) is 11.4 Å². The van der Waals surface area contributed by atoms with Gasteiger partial charge in [-0.15, -0.1) is 0 Å². The van der Waals surface area contributed by atoms with Crippen molar-refractivity contribution in [2.75, 3.05) is 26.3 Å². The van der Waals surface area contributed by atoms with Crippen LogP contribution in [0.3, 0.4) is 0 Å². The fourth-order valence-electron chi connectivity index (χ4n) is 2.33. The van der Waals surface area contributed by atoms with Crippen LogP contribution in [0.2, 0.25) is 0 Å². The zero-order valence-corrected chi connectivity index (χ0v) is 17.2. The molecule has 0 saturated carbocycles. The third-order valence-electron chi connectivity index (χ3n) is 3.56. The number of nitrogens with zero attached hydrogens (tertiary/aromatic N) is 2. The molecule has 5 nitrogen and oxygen atoms in total. The van der Waals surface area contributed by atoms with Crippen molar-refractivity contribution in [3.05, 3.63) is 66.9 Å². The van der Waals surface area contributed by atoms with Gasteiger partial charge < -0.3 is 4.74 Å². The van der Waals surface area contributed by atoms with Crippen molar-refractivity contribution in [1.29, 1.82) is 0 Å². The summed E-state index contributed by atoms with van der Waals surface area (Å²) >= 11 is 0. The average Bonchev–Trinajstić information content (AvgIpc) is 3.14. The first-order valence-electron chi connectivity index (χ1n) is 8.33. The molecule has 0 amide bonds. The number of hydrogen-bond donors (Lipinski definition) is 0. The van der Waals surface area contributed by atoms with Gasteiger partial charge in [-0.3, -0.25) is 4.39 Å². The maximum Gasteiger partial charge on any atom is 0.282 e. The van der Waals surface area contributed by atoms with Gasteiger partial charge in [0.15, 0.2) is 9.84 Å². The van der Waals surface area contributed by atoms with Gasteiger partial charge in [0.05, 0.1) is 31.4 Å². The maximum atomic E-state index is 13.2. The molecule has 0 fully saturated rings. The first-order valence-corrected chi connectivity index (χ1v) is 10.4. The average molecular weight is 428 g/mol. The second kappa shape index (κ2) is 11.3. The molecule has 0 aliphatic carbocycles. The molecule has 0 radical (unpaired) electrons. The molecule has 2 aromatic rings. The normalized spacial score (nSPS) is 12.0. The molecule has 0 saturated heterocycles. The third kappa shape index (κ3) is 7.26. The highest BCUT2D eigenvalue weighted by Crippen LogP contribution is 2.29. The van der Waals surface area contributed by atoms with E-state index in [0.29, 0.717) is 29.9 Å². The highest BCUT2D eigenvalue weighted by atomic mass is 32.2. The molecule has 0 aliphatic rings. The van der Waals surface area contributed by atoms with Gasteiger partial charge in [-0.2, -0.15) is 5.10 Å². The Labute approximate surface area is 168 Å². The van der Waals surface area contributed by atoms with Crippen molar-refractivity contribution in [2.24, 2.45) is 0 Å². The fourth-order valence-corrected chi connectivity index (χ4v) is 2.78. The van der Waals surface area contributed by atoms with Crippen LogP contribution in [-0.2, 0) is 9.84 Å². The van der Waals surface area contributed by atoms with E-state index in [1.54, 1.807) is 30.3 Å². The molecule has 0 N–H and O–H groups in total. The number of hydrogen-bond acceptors (Lipinski definition) is 4. The Balaban J connectivity index is 0.00000204. The molecule has 29 heavy (non-hydrogen) atoms. The van der Waals surface area contributed by atoms with Gasteiger partial charge in [0.1, 0.15) is 11.4 Å². The van der Waals surface area contributed by atoms with Gasteiger partial charge in [-0.05, 0) is 42.5 Å². The molecule has 1 aromatic carbocycles. The van der Waals surface area contributed by atoms with Crippen LogP contribution in [0.5, 0.6) is 5.75 Å². The summed E-state index contributed by atoms with van der Waals surface area (Å²) in [4.78, 5) is 0. The Hall–Kier alpha value is -2.81. The minimum Gasteiger partial charge on any atom is -0.497 e. The van der Waals surface area contributed by atoms with Gasteiger partial charge in [0.2, 0.25) is 0 Å². The highest BCUT2D eigenvalue weighted by molar-refractivity contribution is 7.90. The van der Waals surface area contributed by atoms with E-state index in [2.05, 4.69) is 11.7 Å². The van der Waals surface area contributed by atoms with E-state index in [4.69, 9.17) is 4.74 Å². The van der Waals surface area contributed by atoms with Gasteiger partial charge in [0, 0.05) is 11.8 Å². The van der Waals surface area contributed by atoms with Gasteiger partial charge >= 0.3 is 0 Å². The number of methoxy groups -OCH3 is 1. The number of benzene rings is 1. The van der Waals surface area contributed by atoms with Crippen LogP contribution in [0.25, 0.3) is 17.0 Å². The smallest absolute Gasteiger partial charge is 0.282 e. The van der Waals surface area contributed by atoms with Gasteiger partial charge in [-0.25, -0.2) is 21.9 Å². The molecular weight excluding hydrogens is 405 g/mol. The molecule has 0 spiro atoms. The summed E-state index contributed by atoms with van der Waals surface area (Å²) < 4.78 is 65.0. The lowest BCUT2D eigenvalue weighted by molar-refractivity contribution is 0.145. The van der Waals surface area contributed by atoms with Crippen LogP contribution in [-0.4, -0.2) is 44.5 Å². The van der Waals surface area contributed by atoms with Crippen LogP contribution in [0, 0.1) is 0 Å². The molecule has 2 rings (SSSR count). The fraction of sp³-hybridized carbons (Fsp3) is 0.250. The monoisotopic (exact) mass is 428 g/mol. The summed E-state index contributed by atoms with van der Waals surface area (Å²) in [6.45, 7) is 3.62. The number of rotatable bonds is 8. The predicted molar refractivity (Wildman–Crippen MR) is 110 cm³/mol. The number of ether oxygens (including phenoxy) is 1. The summed E-state index contributed by atoms with van der Waals surface area (Å²) in [6, 6.07) is 8.19. The predicted octanol–water partition coefficient (Wildman–Crippen LogP) is 4.71. The van der Waals surface area contributed by atoms with E-state index in [9.17, 15) is 21.6 Å². The SMILES string of the molecule is C=C/C=C(\C=C/CS(C)(=O)=O)n1nc(C(F)F)cc1-c1ccc(OC)cc1.CF. The lowest BCUT2D eigenvalue weighted by atomic mass is 10.1. The van der Waals surface area contributed by atoms with Crippen LogP contribution in [0.15, 0.2) is 61.2 Å². The molecule has 1 aromatic heterocycles. The van der Waals surface area contributed by atoms with Crippen LogP contribution in [0.1, 0.15) is 12.1 Å². The Morgan fingerprint density at radius 2 is 1.90 bits per heavy atom. The molecule has 158 valence electrons. The largest absolute Gasteiger partial charge is 0.497 e. The second-order valence-corrected chi connectivity index (χ2v) is 7.90. The van der Waals surface area contributed by atoms with Gasteiger partial charge in [-0.1, -0.05) is 18.7 Å². The summed E-state index contributed by atoms with van der Waals surface area (Å²) in [7, 11) is -1.17. The van der Waals surface area contributed by atoms with Crippen LogP contribution >= 0.6 is 0 Å². The Bertz CT molecular complexity index is 963. The van der Waals surface area contributed by atoms with Gasteiger partial charge in [0.25, 0.3) is 6.43 Å². The lowest BCUT2D eigenvalue weighted by Gasteiger charge is -2.09. The molecule has 0 atom stereocenters. The molecule has 0 aliphatic heterocycles. The summed E-state index contributed by atoms with van der Waals surface area (Å²) in [6.07, 6.45) is 4.35. The first kappa shape index (κ1) is 24.2. The zero-order chi connectivity index (χ0) is 22.0. The quantitative estimate of drug-likeness (QED) is 0.572. The number of aromatic nitrogens is 2. The molecule has 0 unspecified atom stereocenters. The molecular formula is C20H23F3N2O3S. The van der Waals surface area contributed by atoms with Crippen molar-refractivity contribution in [3.63, 3.8) is 0 Å². The van der Waals surface area contributed by atoms with Crippen molar-refractivity contribution in [1.82, 2.24) is 9.78 Å². The summed E-state index contributed by atoms with van der Waals surface area (Å²) in [5.74, 6) is 0.455. The molecule has 0 bridgehead atoms. The third-order valence-corrected chi connectivity index (χ3v) is 4.36. The minimum atomic E-state index is -3.20. The summed E-state index contributed by atoms with van der Waals surface area (Å²) in [5.41, 5.74) is 1.12. The minimum absolute atomic E-state index is 0.178. The topological polar surface area (TPSA) is 61.2 Å². The maximum absolute atomic E-state index is 13.2. The van der Waals surface area contributed by atoms with Crippen molar-refractivity contribution in [2.45, 2.75) is 6.43 Å². The van der Waals surface area contributed by atoms with E-state index >= 15 is 0 Å². The van der Waals surface area contributed by atoms with E-state index in [1.165, 1.54) is 36.1 Å². The summed E-state index contributed by atoms with van der Waals surface area (Å²) in [5, 5.41) is 3.98. The number of allylic oxidation sites excluding steroid dienone is 4. The molecule has 1 heterocycles. The Morgan fingerprint density at radius 1 is 1.28 bits per heavy atom. The van der Waals surface area contributed by atoms with E-state index in [0.717, 1.165) is 6.26 Å². The number of sulfone groups is 1. The first-order chi connectivity index (χ1) is 13.7. The lowest BCUT2D eigenvalue weighted by Crippen LogP contribution is -2.03. The number of halogens is 3. The zero-order valence-electron chi connectivity index (χ0n) is 16.3. The highest BCUT2D eigenvalue weighted by Gasteiger charge is 2.18. The van der Waals surface area contributed by atoms with Crippen LogP contribution < -0.4 is 4.74 Å². The van der Waals surface area contributed by atoms with E-state index in [1.807, 2.05) is 0 Å². The Morgan fingerprint density at radius 3 is 2.38 bits per heavy atom.